The van der Waals surface area contributed by atoms with Crippen LogP contribution in [0.15, 0.2) is 147 Å². The smallest absolute Gasteiger partial charge is 0.456 e. The van der Waals surface area contributed by atoms with Crippen LogP contribution in [0.5, 0.6) is 0 Å². The fourth-order valence-corrected chi connectivity index (χ4v) is 7.10. The number of fused-ring (bicyclic) bond motifs is 12. The van der Waals surface area contributed by atoms with Gasteiger partial charge < -0.3 is 18.9 Å². The van der Waals surface area contributed by atoms with E-state index in [1.54, 1.807) is 6.07 Å². The zero-order chi connectivity index (χ0) is 30.9. The number of halogens is 1. The zero-order valence-corrected chi connectivity index (χ0v) is 26.0. The second-order valence-corrected chi connectivity index (χ2v) is 12.6. The third kappa shape index (κ3) is 4.37. The van der Waals surface area contributed by atoms with Gasteiger partial charge in [-0.3, -0.25) is 0 Å². The van der Waals surface area contributed by atoms with Crippen molar-refractivity contribution in [1.29, 1.82) is 0 Å². The molecule has 0 saturated carbocycles. The lowest BCUT2D eigenvalue weighted by molar-refractivity contribution is 0.426. The molecule has 2 N–H and O–H groups in total. The third-order valence-corrected chi connectivity index (χ3v) is 9.44. The first kappa shape index (κ1) is 27.2. The van der Waals surface area contributed by atoms with E-state index in [1.807, 2.05) is 54.6 Å². The summed E-state index contributed by atoms with van der Waals surface area (Å²) in [6.45, 7) is 0. The second-order valence-electron chi connectivity index (χ2n) is 11.7. The Morgan fingerprint density at radius 3 is 1.41 bits per heavy atom. The Hall–Kier alpha value is -5.14. The van der Waals surface area contributed by atoms with Crippen molar-refractivity contribution in [2.24, 2.45) is 0 Å². The summed E-state index contributed by atoms with van der Waals surface area (Å²) in [4.78, 5) is 0. The molecule has 0 saturated heterocycles. The lowest BCUT2D eigenvalue weighted by Gasteiger charge is -2.06. The lowest BCUT2D eigenvalue weighted by atomic mass is 9.79. The largest absolute Gasteiger partial charge is 0.488 e. The van der Waals surface area contributed by atoms with Crippen LogP contribution >= 0.6 is 15.9 Å². The van der Waals surface area contributed by atoms with Crippen molar-refractivity contribution in [1.82, 2.24) is 0 Å². The topological polar surface area (TPSA) is 66.7 Å². The maximum atomic E-state index is 9.37. The van der Waals surface area contributed by atoms with Crippen LogP contribution in [0.25, 0.3) is 87.0 Å². The van der Waals surface area contributed by atoms with Gasteiger partial charge in [-0.25, -0.2) is 0 Å². The van der Waals surface area contributed by atoms with E-state index in [4.69, 9.17) is 8.83 Å². The fourth-order valence-electron chi connectivity index (χ4n) is 6.72. The van der Waals surface area contributed by atoms with E-state index in [1.165, 1.54) is 32.3 Å². The summed E-state index contributed by atoms with van der Waals surface area (Å²) < 4.78 is 13.0. The minimum Gasteiger partial charge on any atom is -0.456 e. The average Bonchev–Trinajstić information content (AvgIpc) is 3.63. The predicted molar refractivity (Wildman–Crippen MR) is 195 cm³/mol. The lowest BCUT2D eigenvalue weighted by Crippen LogP contribution is -2.29. The van der Waals surface area contributed by atoms with Crippen LogP contribution in [0.2, 0.25) is 0 Å². The molecule has 4 nitrogen and oxygen atoms in total. The van der Waals surface area contributed by atoms with Crippen LogP contribution in [-0.4, -0.2) is 17.2 Å². The molecule has 8 aromatic carbocycles. The van der Waals surface area contributed by atoms with E-state index in [0.29, 0.717) is 5.46 Å². The first-order valence-corrected chi connectivity index (χ1v) is 15.9. The van der Waals surface area contributed by atoms with E-state index in [-0.39, 0.29) is 0 Å². The van der Waals surface area contributed by atoms with Gasteiger partial charge in [0.25, 0.3) is 0 Å². The van der Waals surface area contributed by atoms with Gasteiger partial charge >= 0.3 is 7.12 Å². The molecular weight excluding hydrogens is 635 g/mol. The van der Waals surface area contributed by atoms with Gasteiger partial charge in [0.05, 0.1) is 0 Å². The van der Waals surface area contributed by atoms with Crippen LogP contribution in [0, 0.1) is 0 Å². The molecule has 46 heavy (non-hydrogen) atoms. The molecule has 0 fully saturated rings. The van der Waals surface area contributed by atoms with Crippen molar-refractivity contribution in [3.8, 4) is 0 Å². The van der Waals surface area contributed by atoms with E-state index in [9.17, 15) is 10.0 Å². The van der Waals surface area contributed by atoms with E-state index in [0.717, 1.165) is 59.1 Å². The van der Waals surface area contributed by atoms with E-state index < -0.39 is 7.12 Å². The molecule has 0 amide bonds. The van der Waals surface area contributed by atoms with Gasteiger partial charge in [-0.15, -0.1) is 0 Å². The highest BCUT2D eigenvalue weighted by molar-refractivity contribution is 9.10. The Bertz CT molecular complexity index is 2810. The number of benzene rings is 8. The standard InChI is InChI=1S/C20H13BO3.C20H11BrO/c22-21(23)14-7-8-15-12(9-14)5-6-13-10-20-18(11-17(13)15)16-3-1-2-4-19(16)24-20;21-14-7-8-15-12(9-14)5-6-13-10-20-18(11-17(13)15)16-3-1-2-4-19(16)22-20/h1-11,22-23H;1-11H. The highest BCUT2D eigenvalue weighted by atomic mass is 79.9. The van der Waals surface area contributed by atoms with Gasteiger partial charge in [-0.05, 0) is 97.1 Å². The second kappa shape index (κ2) is 10.5. The van der Waals surface area contributed by atoms with Gasteiger partial charge in [0.1, 0.15) is 22.3 Å². The molecule has 0 bridgehead atoms. The molecule has 0 atom stereocenters. The van der Waals surface area contributed by atoms with Crippen molar-refractivity contribution in [3.63, 3.8) is 0 Å². The number of para-hydroxylation sites is 2. The Labute approximate surface area is 271 Å². The van der Waals surface area contributed by atoms with E-state index >= 15 is 0 Å². The van der Waals surface area contributed by atoms with Crippen LogP contribution in [0.1, 0.15) is 0 Å². The monoisotopic (exact) mass is 658 g/mol. The summed E-state index contributed by atoms with van der Waals surface area (Å²) in [5.74, 6) is 0. The molecule has 218 valence electrons. The first-order chi connectivity index (χ1) is 22.5. The predicted octanol–water partition coefficient (Wildman–Crippen LogP) is 10.2. The highest BCUT2D eigenvalue weighted by Crippen LogP contribution is 2.36. The Kier molecular flexibility index (Phi) is 6.19. The molecule has 2 aromatic heterocycles. The van der Waals surface area contributed by atoms with Crippen molar-refractivity contribution in [2.75, 3.05) is 0 Å². The molecule has 0 spiro atoms. The quantitative estimate of drug-likeness (QED) is 0.136. The molecule has 0 radical (unpaired) electrons. The fraction of sp³-hybridized carbons (Fsp3) is 0. The minimum atomic E-state index is -1.45. The Morgan fingerprint density at radius 1 is 0.391 bits per heavy atom. The van der Waals surface area contributed by atoms with Crippen molar-refractivity contribution in [3.05, 3.63) is 138 Å². The first-order valence-electron chi connectivity index (χ1n) is 15.1. The van der Waals surface area contributed by atoms with Gasteiger partial charge in [0, 0.05) is 26.0 Å². The van der Waals surface area contributed by atoms with Crippen LogP contribution in [0.4, 0.5) is 0 Å². The number of hydrogen-bond donors (Lipinski definition) is 2. The normalized spacial score (nSPS) is 11.8. The van der Waals surface area contributed by atoms with Gasteiger partial charge in [-0.2, -0.15) is 0 Å². The number of furan rings is 2. The maximum Gasteiger partial charge on any atom is 0.488 e. The molecular formula is C40H24BBrO4. The van der Waals surface area contributed by atoms with Gasteiger partial charge in [-0.1, -0.05) is 101 Å². The number of hydrogen-bond acceptors (Lipinski definition) is 4. The molecule has 0 aliphatic rings. The molecule has 10 rings (SSSR count). The number of rotatable bonds is 1. The van der Waals surface area contributed by atoms with Gasteiger partial charge in [0.15, 0.2) is 0 Å². The zero-order valence-electron chi connectivity index (χ0n) is 24.4. The Balaban J connectivity index is 0.000000127. The highest BCUT2D eigenvalue weighted by Gasteiger charge is 2.14. The minimum absolute atomic E-state index is 0.497. The molecule has 6 heteroatoms. The average molecular weight is 659 g/mol. The third-order valence-electron chi connectivity index (χ3n) is 8.95. The van der Waals surface area contributed by atoms with Crippen LogP contribution in [-0.2, 0) is 0 Å². The van der Waals surface area contributed by atoms with E-state index in [2.05, 4.69) is 88.7 Å². The van der Waals surface area contributed by atoms with Crippen molar-refractivity contribution >= 4 is 115 Å². The summed E-state index contributed by atoms with van der Waals surface area (Å²) in [6, 6.07) is 45.2. The molecule has 0 aliphatic heterocycles. The van der Waals surface area contributed by atoms with Crippen LogP contribution < -0.4 is 5.46 Å². The van der Waals surface area contributed by atoms with Gasteiger partial charge in [0.2, 0.25) is 0 Å². The van der Waals surface area contributed by atoms with Crippen molar-refractivity contribution in [2.45, 2.75) is 0 Å². The maximum absolute atomic E-state index is 9.37. The van der Waals surface area contributed by atoms with Crippen molar-refractivity contribution < 1.29 is 18.9 Å². The summed E-state index contributed by atoms with van der Waals surface area (Å²) in [5, 5.41) is 32.6. The molecule has 0 aliphatic carbocycles. The summed E-state index contributed by atoms with van der Waals surface area (Å²) in [5.41, 5.74) is 4.16. The summed E-state index contributed by atoms with van der Waals surface area (Å²) >= 11 is 3.55. The summed E-state index contributed by atoms with van der Waals surface area (Å²) in [6.07, 6.45) is 0. The molecule has 0 unspecified atom stereocenters. The molecule has 10 aromatic rings. The van der Waals surface area contributed by atoms with Crippen LogP contribution in [0.3, 0.4) is 0 Å². The molecule has 2 heterocycles. The summed E-state index contributed by atoms with van der Waals surface area (Å²) in [7, 11) is -1.45. The Morgan fingerprint density at radius 2 is 0.870 bits per heavy atom. The SMILES string of the molecule is Brc1ccc2c(ccc3cc4oc5ccccc5c4cc32)c1.OB(O)c1ccc2c(ccc3cc4oc5ccccc5c4cc32)c1.